The van der Waals surface area contributed by atoms with Gasteiger partial charge in [-0.05, 0) is 30.2 Å². The molecule has 142 valence electrons. The third-order valence-corrected chi connectivity index (χ3v) is 6.65. The van der Waals surface area contributed by atoms with Crippen LogP contribution in [0.25, 0.3) is 10.9 Å². The molecule has 0 radical (unpaired) electrons. The average Bonchev–Trinajstić information content (AvgIpc) is 3.08. The van der Waals surface area contributed by atoms with Crippen molar-refractivity contribution in [3.05, 3.63) is 69.8 Å². The number of carbonyl (C=O) groups is 2. The topological polar surface area (TPSA) is 56.4 Å². The van der Waals surface area contributed by atoms with Crippen LogP contribution in [0.5, 0.6) is 0 Å². The summed E-state index contributed by atoms with van der Waals surface area (Å²) >= 11 is 3.66. The molecular formula is C22H20BrN3O2. The Morgan fingerprint density at radius 1 is 1.11 bits per heavy atom. The van der Waals surface area contributed by atoms with Crippen molar-refractivity contribution < 1.29 is 9.59 Å². The van der Waals surface area contributed by atoms with Crippen LogP contribution in [0.2, 0.25) is 0 Å². The van der Waals surface area contributed by atoms with Crippen molar-refractivity contribution in [1.82, 2.24) is 14.8 Å². The first-order valence-electron chi connectivity index (χ1n) is 9.54. The molecule has 0 spiro atoms. The highest BCUT2D eigenvalue weighted by atomic mass is 79.9. The lowest BCUT2D eigenvalue weighted by molar-refractivity contribution is -0.158. The van der Waals surface area contributed by atoms with Crippen LogP contribution in [0, 0.1) is 0 Å². The summed E-state index contributed by atoms with van der Waals surface area (Å²) in [5.74, 6) is 0.0339. The maximum absolute atomic E-state index is 13.2. The zero-order chi connectivity index (χ0) is 19.4. The number of hydrogen-bond acceptors (Lipinski definition) is 2. The number of nitrogens with one attached hydrogen (secondary N) is 1. The molecule has 1 aromatic heterocycles. The van der Waals surface area contributed by atoms with Crippen molar-refractivity contribution in [2.45, 2.75) is 25.4 Å². The highest BCUT2D eigenvalue weighted by Gasteiger charge is 2.48. The Balaban J connectivity index is 1.77. The highest BCUT2D eigenvalue weighted by Crippen LogP contribution is 2.44. The molecule has 1 N–H and O–H groups in total. The summed E-state index contributed by atoms with van der Waals surface area (Å²) in [6, 6.07) is 15.3. The van der Waals surface area contributed by atoms with Gasteiger partial charge in [0.1, 0.15) is 6.04 Å². The molecular weight excluding hydrogens is 418 g/mol. The number of likely N-dealkylation sites (N-methyl/N-ethyl adjacent to an activating group) is 1. The normalized spacial score (nSPS) is 21.8. The van der Waals surface area contributed by atoms with Gasteiger partial charge in [0.2, 0.25) is 11.8 Å². The fraction of sp³-hybridized carbons (Fsp3) is 0.273. The smallest absolute Gasteiger partial charge is 0.246 e. The maximum atomic E-state index is 13.2. The molecule has 2 amide bonds. The number of hydrogen-bond donors (Lipinski definition) is 1. The monoisotopic (exact) mass is 437 g/mol. The summed E-state index contributed by atoms with van der Waals surface area (Å²) in [6.45, 7) is 2.61. The third kappa shape index (κ3) is 2.44. The van der Waals surface area contributed by atoms with Crippen molar-refractivity contribution in [3.8, 4) is 0 Å². The van der Waals surface area contributed by atoms with Crippen LogP contribution in [0.1, 0.15) is 29.8 Å². The minimum Gasteiger partial charge on any atom is -0.356 e. The average molecular weight is 438 g/mol. The maximum Gasteiger partial charge on any atom is 0.246 e. The minimum atomic E-state index is -0.468. The summed E-state index contributed by atoms with van der Waals surface area (Å²) in [5, 5.41) is 1.13. The number of H-pyrrole nitrogens is 1. The van der Waals surface area contributed by atoms with Crippen molar-refractivity contribution in [1.29, 1.82) is 0 Å². The van der Waals surface area contributed by atoms with Gasteiger partial charge in [0.05, 0.1) is 12.6 Å². The molecule has 2 aromatic carbocycles. The van der Waals surface area contributed by atoms with E-state index in [0.29, 0.717) is 13.0 Å². The molecule has 0 saturated carbocycles. The molecule has 5 nitrogen and oxygen atoms in total. The zero-order valence-electron chi connectivity index (χ0n) is 15.5. The molecule has 1 saturated heterocycles. The molecule has 28 heavy (non-hydrogen) atoms. The second kappa shape index (κ2) is 6.48. The molecule has 1 fully saturated rings. The van der Waals surface area contributed by atoms with Gasteiger partial charge in [0, 0.05) is 34.0 Å². The fourth-order valence-electron chi connectivity index (χ4n) is 4.61. The molecule has 2 atom stereocenters. The molecule has 2 aliphatic heterocycles. The summed E-state index contributed by atoms with van der Waals surface area (Å²) < 4.78 is 0.934. The molecule has 5 rings (SSSR count). The Kier molecular flexibility index (Phi) is 4.05. The van der Waals surface area contributed by atoms with E-state index in [1.54, 1.807) is 9.80 Å². The van der Waals surface area contributed by atoms with Crippen LogP contribution in [0.4, 0.5) is 0 Å². The summed E-state index contributed by atoms with van der Waals surface area (Å²) in [4.78, 5) is 33.4. The van der Waals surface area contributed by atoms with E-state index in [9.17, 15) is 9.59 Å². The van der Waals surface area contributed by atoms with E-state index in [0.717, 1.165) is 32.2 Å². The SMILES string of the molecule is CCN1CC(=O)N2[C@H](c3ccccc3Br)c3[nH]c4ccccc4c3C[C@H]2C1=O. The Bertz CT molecular complexity index is 1110. The second-order valence-electron chi connectivity index (χ2n) is 7.36. The first-order valence-corrected chi connectivity index (χ1v) is 10.3. The predicted octanol–water partition coefficient (Wildman–Crippen LogP) is 3.64. The molecule has 0 unspecified atom stereocenters. The summed E-state index contributed by atoms with van der Waals surface area (Å²) in [7, 11) is 0. The number of nitrogens with zero attached hydrogens (tertiary/aromatic N) is 2. The second-order valence-corrected chi connectivity index (χ2v) is 8.21. The van der Waals surface area contributed by atoms with Gasteiger partial charge >= 0.3 is 0 Å². The van der Waals surface area contributed by atoms with E-state index >= 15 is 0 Å². The van der Waals surface area contributed by atoms with Crippen LogP contribution in [-0.2, 0) is 16.0 Å². The lowest BCUT2D eigenvalue weighted by Gasteiger charge is -2.47. The van der Waals surface area contributed by atoms with Crippen LogP contribution in [0.3, 0.4) is 0 Å². The van der Waals surface area contributed by atoms with E-state index in [1.165, 1.54) is 0 Å². The lowest BCUT2D eigenvalue weighted by Crippen LogP contribution is -2.62. The summed E-state index contributed by atoms with van der Waals surface area (Å²) in [6.07, 6.45) is 0.543. The van der Waals surface area contributed by atoms with Gasteiger partial charge in [-0.1, -0.05) is 52.3 Å². The zero-order valence-corrected chi connectivity index (χ0v) is 17.1. The number of fused-ring (bicyclic) bond motifs is 4. The molecule has 3 heterocycles. The van der Waals surface area contributed by atoms with Gasteiger partial charge in [-0.3, -0.25) is 9.59 Å². The summed E-state index contributed by atoms with van der Waals surface area (Å²) in [5.41, 5.74) is 4.18. The van der Waals surface area contributed by atoms with Crippen molar-refractivity contribution in [2.75, 3.05) is 13.1 Å². The van der Waals surface area contributed by atoms with E-state index in [4.69, 9.17) is 0 Å². The molecule has 2 aliphatic rings. The van der Waals surface area contributed by atoms with Crippen LogP contribution in [-0.4, -0.2) is 45.7 Å². The van der Waals surface area contributed by atoms with Gasteiger partial charge in [-0.2, -0.15) is 0 Å². The number of amides is 2. The molecule has 6 heteroatoms. The van der Waals surface area contributed by atoms with Gasteiger partial charge < -0.3 is 14.8 Å². The lowest BCUT2D eigenvalue weighted by atomic mass is 9.86. The van der Waals surface area contributed by atoms with Crippen LogP contribution < -0.4 is 0 Å². The van der Waals surface area contributed by atoms with E-state index in [1.807, 2.05) is 49.4 Å². The number of carbonyl (C=O) groups excluding carboxylic acids is 2. The number of piperazine rings is 1. The molecule has 0 aliphatic carbocycles. The molecule has 0 bridgehead atoms. The Morgan fingerprint density at radius 2 is 1.86 bits per heavy atom. The van der Waals surface area contributed by atoms with Gasteiger partial charge in [-0.15, -0.1) is 0 Å². The third-order valence-electron chi connectivity index (χ3n) is 5.92. The number of para-hydroxylation sites is 1. The Hall–Kier alpha value is -2.60. The van der Waals surface area contributed by atoms with Crippen molar-refractivity contribution in [3.63, 3.8) is 0 Å². The number of aromatic nitrogens is 1. The van der Waals surface area contributed by atoms with Crippen LogP contribution in [0.15, 0.2) is 53.0 Å². The molecule has 3 aromatic rings. The number of halogens is 1. The van der Waals surface area contributed by atoms with Crippen molar-refractivity contribution >= 4 is 38.6 Å². The fourth-order valence-corrected chi connectivity index (χ4v) is 5.11. The standard InChI is InChI=1S/C22H20BrN3O2/c1-2-25-12-19(27)26-18(22(25)28)11-15-13-7-4-6-10-17(13)24-20(15)21(26)14-8-3-5-9-16(14)23/h3-10,18,21,24H,2,11-12H2,1H3/t18-,21+/m0/s1. The predicted molar refractivity (Wildman–Crippen MR) is 111 cm³/mol. The van der Waals surface area contributed by atoms with E-state index < -0.39 is 6.04 Å². The van der Waals surface area contributed by atoms with E-state index in [-0.39, 0.29) is 24.4 Å². The Labute approximate surface area is 171 Å². The van der Waals surface area contributed by atoms with Gasteiger partial charge in [0.15, 0.2) is 0 Å². The number of aromatic amines is 1. The Morgan fingerprint density at radius 3 is 2.64 bits per heavy atom. The first kappa shape index (κ1) is 17.5. The van der Waals surface area contributed by atoms with Gasteiger partial charge in [-0.25, -0.2) is 0 Å². The highest BCUT2D eigenvalue weighted by molar-refractivity contribution is 9.10. The largest absolute Gasteiger partial charge is 0.356 e. The van der Waals surface area contributed by atoms with Crippen LogP contribution >= 0.6 is 15.9 Å². The van der Waals surface area contributed by atoms with E-state index in [2.05, 4.69) is 27.0 Å². The minimum absolute atomic E-state index is 0.00323. The quantitative estimate of drug-likeness (QED) is 0.665. The van der Waals surface area contributed by atoms with Crippen molar-refractivity contribution in [2.24, 2.45) is 0 Å². The number of rotatable bonds is 2. The van der Waals surface area contributed by atoms with Gasteiger partial charge in [0.25, 0.3) is 0 Å². The first-order chi connectivity index (χ1) is 13.6. The number of benzene rings is 2.